The van der Waals surface area contributed by atoms with E-state index in [9.17, 15) is 4.79 Å². The van der Waals surface area contributed by atoms with Crippen LogP contribution in [-0.4, -0.2) is 37.4 Å². The second kappa shape index (κ2) is 9.07. The maximum atomic E-state index is 11.7. The van der Waals surface area contributed by atoms with E-state index in [1.807, 2.05) is 31.2 Å². The summed E-state index contributed by atoms with van der Waals surface area (Å²) in [5.41, 5.74) is 1.15. The number of carbonyl (C=O) groups is 1. The van der Waals surface area contributed by atoms with Crippen molar-refractivity contribution >= 4 is 21.8 Å². The van der Waals surface area contributed by atoms with Gasteiger partial charge in [-0.05, 0) is 23.6 Å². The Bertz CT molecular complexity index is 381. The fourth-order valence-corrected chi connectivity index (χ4v) is 1.95. The van der Waals surface area contributed by atoms with Crippen LogP contribution < -0.4 is 5.32 Å². The highest BCUT2D eigenvalue weighted by Gasteiger charge is 2.10. The summed E-state index contributed by atoms with van der Waals surface area (Å²) in [6, 6.07) is 8.00. The fourth-order valence-electron chi connectivity index (χ4n) is 1.69. The quantitative estimate of drug-likeness (QED) is 0.718. The summed E-state index contributed by atoms with van der Waals surface area (Å²) in [7, 11) is 0. The molecule has 0 aliphatic heterocycles. The van der Waals surface area contributed by atoms with Crippen molar-refractivity contribution in [1.29, 1.82) is 0 Å². The molecule has 1 aromatic rings. The molecule has 5 heteroatoms. The van der Waals surface area contributed by atoms with E-state index >= 15 is 0 Å². The van der Waals surface area contributed by atoms with Gasteiger partial charge in [0.1, 0.15) is 0 Å². The van der Waals surface area contributed by atoms with Gasteiger partial charge >= 0.3 is 0 Å². The third-order valence-electron chi connectivity index (χ3n) is 2.73. The Labute approximate surface area is 122 Å². The molecule has 0 spiro atoms. The molecule has 4 nitrogen and oxygen atoms in total. The van der Waals surface area contributed by atoms with Crippen molar-refractivity contribution in [3.8, 4) is 0 Å². The summed E-state index contributed by atoms with van der Waals surface area (Å²) in [6.07, 6.45) is 0.460. The van der Waals surface area contributed by atoms with Gasteiger partial charge < -0.3 is 15.2 Å². The molecule has 0 aromatic heterocycles. The largest absolute Gasteiger partial charge is 0.394 e. The predicted octanol–water partition coefficient (Wildman–Crippen LogP) is 2.07. The van der Waals surface area contributed by atoms with Crippen LogP contribution in [0.15, 0.2) is 28.7 Å². The molecule has 0 saturated carbocycles. The highest BCUT2D eigenvalue weighted by molar-refractivity contribution is 9.10. The molecule has 1 rings (SSSR count). The van der Waals surface area contributed by atoms with Gasteiger partial charge in [-0.25, -0.2) is 0 Å². The van der Waals surface area contributed by atoms with Gasteiger partial charge in [0.05, 0.1) is 19.8 Å². The van der Waals surface area contributed by atoms with Crippen LogP contribution in [-0.2, 0) is 9.53 Å². The predicted molar refractivity (Wildman–Crippen MR) is 78.1 cm³/mol. The zero-order chi connectivity index (χ0) is 14.1. The first-order valence-corrected chi connectivity index (χ1v) is 7.13. The average molecular weight is 330 g/mol. The van der Waals surface area contributed by atoms with E-state index < -0.39 is 0 Å². The smallest absolute Gasteiger partial charge is 0.220 e. The lowest BCUT2D eigenvalue weighted by Crippen LogP contribution is -2.28. The van der Waals surface area contributed by atoms with E-state index in [0.29, 0.717) is 26.2 Å². The summed E-state index contributed by atoms with van der Waals surface area (Å²) in [5.74, 6) is 0.203. The van der Waals surface area contributed by atoms with E-state index in [1.54, 1.807) is 0 Å². The number of benzene rings is 1. The van der Waals surface area contributed by atoms with Crippen molar-refractivity contribution in [2.75, 3.05) is 26.4 Å². The summed E-state index contributed by atoms with van der Waals surface area (Å²) < 4.78 is 6.10. The summed E-state index contributed by atoms with van der Waals surface area (Å²) in [6.45, 7) is 3.26. The van der Waals surface area contributed by atoms with Crippen LogP contribution in [0.4, 0.5) is 0 Å². The molecule has 0 heterocycles. The third kappa shape index (κ3) is 6.71. The molecule has 0 aliphatic rings. The number of aliphatic hydroxyl groups is 1. The molecule has 19 heavy (non-hydrogen) atoms. The highest BCUT2D eigenvalue weighted by atomic mass is 79.9. The van der Waals surface area contributed by atoms with Crippen molar-refractivity contribution in [1.82, 2.24) is 5.32 Å². The summed E-state index contributed by atoms with van der Waals surface area (Å²) in [5, 5.41) is 11.3. The van der Waals surface area contributed by atoms with Crippen molar-refractivity contribution in [3.63, 3.8) is 0 Å². The minimum atomic E-state index is 0.00848. The topological polar surface area (TPSA) is 58.6 Å². The molecule has 106 valence electrons. The average Bonchev–Trinajstić information content (AvgIpc) is 2.39. The van der Waals surface area contributed by atoms with Crippen LogP contribution in [0.3, 0.4) is 0 Å². The molecule has 0 fully saturated rings. The molecular weight excluding hydrogens is 310 g/mol. The number of nitrogens with one attached hydrogen (secondary N) is 1. The zero-order valence-electron chi connectivity index (χ0n) is 11.1. The molecule has 1 atom stereocenters. The number of halogens is 1. The minimum absolute atomic E-state index is 0.00848. The standard InChI is InChI=1S/C14H20BrNO3/c1-11(12-2-4-13(15)5-3-12)10-14(18)16-6-8-19-9-7-17/h2-5,11,17H,6-10H2,1H3,(H,16,18). The number of aliphatic hydroxyl groups excluding tert-OH is 1. The number of carbonyl (C=O) groups excluding carboxylic acids is 1. The molecule has 0 radical (unpaired) electrons. The fraction of sp³-hybridized carbons (Fsp3) is 0.500. The van der Waals surface area contributed by atoms with Crippen LogP contribution in [0.1, 0.15) is 24.8 Å². The molecule has 0 bridgehead atoms. The second-order valence-corrected chi connectivity index (χ2v) is 5.26. The van der Waals surface area contributed by atoms with Crippen molar-refractivity contribution < 1.29 is 14.6 Å². The van der Waals surface area contributed by atoms with Gasteiger partial charge in [-0.15, -0.1) is 0 Å². The lowest BCUT2D eigenvalue weighted by molar-refractivity contribution is -0.121. The maximum absolute atomic E-state index is 11.7. The van der Waals surface area contributed by atoms with Gasteiger partial charge in [0.25, 0.3) is 0 Å². The number of ether oxygens (including phenoxy) is 1. The van der Waals surface area contributed by atoms with Gasteiger partial charge in [0.15, 0.2) is 0 Å². The van der Waals surface area contributed by atoms with E-state index in [-0.39, 0.29) is 18.4 Å². The van der Waals surface area contributed by atoms with E-state index in [1.165, 1.54) is 0 Å². The lowest BCUT2D eigenvalue weighted by Gasteiger charge is -2.12. The number of amides is 1. The monoisotopic (exact) mass is 329 g/mol. The van der Waals surface area contributed by atoms with Crippen molar-refractivity contribution in [2.24, 2.45) is 0 Å². The first-order valence-electron chi connectivity index (χ1n) is 6.34. The molecule has 1 unspecified atom stereocenters. The lowest BCUT2D eigenvalue weighted by atomic mass is 9.98. The Hall–Kier alpha value is -0.910. The van der Waals surface area contributed by atoms with Crippen LogP contribution in [0.25, 0.3) is 0 Å². The van der Waals surface area contributed by atoms with Crippen molar-refractivity contribution in [3.05, 3.63) is 34.3 Å². The van der Waals surface area contributed by atoms with Gasteiger partial charge in [-0.3, -0.25) is 4.79 Å². The maximum Gasteiger partial charge on any atom is 0.220 e. The normalized spacial score (nSPS) is 12.2. The Kier molecular flexibility index (Phi) is 7.70. The Morgan fingerprint density at radius 1 is 1.37 bits per heavy atom. The van der Waals surface area contributed by atoms with Gasteiger partial charge in [-0.2, -0.15) is 0 Å². The van der Waals surface area contributed by atoms with Crippen LogP contribution in [0.5, 0.6) is 0 Å². The molecular formula is C14H20BrNO3. The third-order valence-corrected chi connectivity index (χ3v) is 3.26. The number of hydrogen-bond acceptors (Lipinski definition) is 3. The van der Waals surface area contributed by atoms with Gasteiger partial charge in [0.2, 0.25) is 5.91 Å². The Balaban J connectivity index is 2.26. The molecule has 0 aliphatic carbocycles. The summed E-state index contributed by atoms with van der Waals surface area (Å²) in [4.78, 5) is 11.7. The van der Waals surface area contributed by atoms with Gasteiger partial charge in [-0.1, -0.05) is 35.0 Å². The van der Waals surface area contributed by atoms with Crippen LogP contribution in [0, 0.1) is 0 Å². The second-order valence-electron chi connectivity index (χ2n) is 4.34. The van der Waals surface area contributed by atoms with E-state index in [2.05, 4.69) is 21.2 Å². The highest BCUT2D eigenvalue weighted by Crippen LogP contribution is 2.20. The zero-order valence-corrected chi connectivity index (χ0v) is 12.6. The van der Waals surface area contributed by atoms with Crippen LogP contribution >= 0.6 is 15.9 Å². The summed E-state index contributed by atoms with van der Waals surface area (Å²) >= 11 is 3.39. The van der Waals surface area contributed by atoms with E-state index in [0.717, 1.165) is 10.0 Å². The Morgan fingerprint density at radius 2 is 2.05 bits per heavy atom. The molecule has 2 N–H and O–H groups in total. The SMILES string of the molecule is CC(CC(=O)NCCOCCO)c1ccc(Br)cc1. The molecule has 1 aromatic carbocycles. The number of hydrogen-bond donors (Lipinski definition) is 2. The first kappa shape index (κ1) is 16.1. The minimum Gasteiger partial charge on any atom is -0.394 e. The number of rotatable bonds is 8. The first-order chi connectivity index (χ1) is 9.13. The van der Waals surface area contributed by atoms with Crippen LogP contribution in [0.2, 0.25) is 0 Å². The Morgan fingerprint density at radius 3 is 2.68 bits per heavy atom. The van der Waals surface area contributed by atoms with Gasteiger partial charge in [0, 0.05) is 17.4 Å². The van der Waals surface area contributed by atoms with E-state index in [4.69, 9.17) is 9.84 Å². The molecule has 0 saturated heterocycles. The van der Waals surface area contributed by atoms with Crippen molar-refractivity contribution in [2.45, 2.75) is 19.3 Å². The molecule has 1 amide bonds.